The number of anilines is 1. The van der Waals surface area contributed by atoms with Crippen LogP contribution in [0.15, 0.2) is 47.4 Å². The van der Waals surface area contributed by atoms with Gasteiger partial charge in [-0.05, 0) is 70.3 Å². The first-order valence-electron chi connectivity index (χ1n) is 13.3. The average molecular weight is 561 g/mol. The summed E-state index contributed by atoms with van der Waals surface area (Å²) in [5.74, 6) is 0.472. The molecule has 0 N–H and O–H groups in total. The van der Waals surface area contributed by atoms with Crippen LogP contribution in [0.1, 0.15) is 56.8 Å². The molecule has 38 heavy (non-hydrogen) atoms. The third-order valence-electron chi connectivity index (χ3n) is 6.18. The van der Waals surface area contributed by atoms with Gasteiger partial charge in [-0.25, -0.2) is 13.4 Å². The van der Waals surface area contributed by atoms with Crippen molar-refractivity contribution < 1.29 is 17.9 Å². The molecule has 2 aromatic carbocycles. The molecule has 1 amide bonds. The molecule has 3 aromatic rings. The summed E-state index contributed by atoms with van der Waals surface area (Å²) in [6.07, 6.45) is 3.47. The van der Waals surface area contributed by atoms with Crippen molar-refractivity contribution in [1.82, 2.24) is 14.2 Å². The number of nitrogens with zero attached hydrogens (tertiary/aromatic N) is 4. The second-order valence-electron chi connectivity index (χ2n) is 9.43. The summed E-state index contributed by atoms with van der Waals surface area (Å²) in [6, 6.07) is 12.1. The lowest BCUT2D eigenvalue weighted by atomic mass is 10.2. The predicted octanol–water partition coefficient (Wildman–Crippen LogP) is 5.49. The zero-order chi connectivity index (χ0) is 27.7. The van der Waals surface area contributed by atoms with Gasteiger partial charge in [0.15, 0.2) is 5.13 Å². The van der Waals surface area contributed by atoms with Gasteiger partial charge in [-0.3, -0.25) is 9.69 Å². The number of ether oxygens (including phenoxy) is 1. The van der Waals surface area contributed by atoms with Gasteiger partial charge in [0, 0.05) is 31.7 Å². The van der Waals surface area contributed by atoms with E-state index in [0.29, 0.717) is 49.2 Å². The summed E-state index contributed by atoms with van der Waals surface area (Å²) >= 11 is 1.44. The van der Waals surface area contributed by atoms with Crippen molar-refractivity contribution in [3.8, 4) is 5.75 Å². The number of fused-ring (bicyclic) bond motifs is 1. The highest BCUT2D eigenvalue weighted by Crippen LogP contribution is 2.35. The molecule has 0 unspecified atom stereocenters. The molecule has 0 saturated carbocycles. The number of sulfonamides is 1. The number of likely N-dealkylation sites (N-methyl/N-ethyl adjacent to an activating group) is 1. The lowest BCUT2D eigenvalue weighted by Gasteiger charge is -2.23. The Balaban J connectivity index is 1.91. The summed E-state index contributed by atoms with van der Waals surface area (Å²) in [7, 11) is 0.278. The van der Waals surface area contributed by atoms with Crippen molar-refractivity contribution in [2.45, 2.75) is 51.3 Å². The standard InChI is InChI=1S/C28H40N4O4S2/c1-6-9-18-31(19-10-7-2)38(34,35)23-16-14-22(15-17-23)27(33)32(21-20-30(4)5)28-29-26-24(36-8-3)12-11-13-25(26)37-28/h11-17H,6-10,18-21H2,1-5H3. The van der Waals surface area contributed by atoms with Gasteiger partial charge in [0.2, 0.25) is 10.0 Å². The van der Waals surface area contributed by atoms with E-state index in [1.54, 1.807) is 33.5 Å². The van der Waals surface area contributed by atoms with E-state index in [1.807, 2.05) is 44.1 Å². The van der Waals surface area contributed by atoms with E-state index in [9.17, 15) is 13.2 Å². The van der Waals surface area contributed by atoms with Crippen LogP contribution in [0.25, 0.3) is 10.2 Å². The largest absolute Gasteiger partial charge is 0.492 e. The van der Waals surface area contributed by atoms with Crippen molar-refractivity contribution >= 4 is 42.6 Å². The molecule has 1 aromatic heterocycles. The Morgan fingerprint density at radius 2 is 1.58 bits per heavy atom. The second kappa shape index (κ2) is 14.0. The Labute approximate surface area is 231 Å². The van der Waals surface area contributed by atoms with Gasteiger partial charge in [0.1, 0.15) is 11.3 Å². The first-order valence-corrected chi connectivity index (χ1v) is 15.6. The number of unbranched alkanes of at least 4 members (excludes halogenated alkanes) is 2. The van der Waals surface area contributed by atoms with Gasteiger partial charge in [0.05, 0.1) is 16.2 Å². The summed E-state index contributed by atoms with van der Waals surface area (Å²) in [4.78, 5) is 22.4. The summed E-state index contributed by atoms with van der Waals surface area (Å²) in [5, 5.41) is 0.584. The quantitative estimate of drug-likeness (QED) is 0.244. The van der Waals surface area contributed by atoms with E-state index in [-0.39, 0.29) is 10.8 Å². The maximum absolute atomic E-state index is 13.7. The molecule has 0 saturated heterocycles. The van der Waals surface area contributed by atoms with Crippen LogP contribution < -0.4 is 9.64 Å². The number of hydrogen-bond donors (Lipinski definition) is 0. The molecule has 0 aliphatic heterocycles. The Morgan fingerprint density at radius 1 is 0.921 bits per heavy atom. The molecule has 10 heteroatoms. The monoisotopic (exact) mass is 560 g/mol. The second-order valence-corrected chi connectivity index (χ2v) is 12.4. The molecule has 3 rings (SSSR count). The van der Waals surface area contributed by atoms with Crippen LogP contribution in [0, 0.1) is 0 Å². The molecule has 8 nitrogen and oxygen atoms in total. The number of aromatic nitrogens is 1. The number of para-hydroxylation sites is 1. The lowest BCUT2D eigenvalue weighted by molar-refractivity contribution is 0.0985. The molecule has 0 atom stereocenters. The minimum atomic E-state index is -3.63. The van der Waals surface area contributed by atoms with Crippen molar-refractivity contribution in [2.24, 2.45) is 0 Å². The molecule has 1 heterocycles. The Morgan fingerprint density at radius 3 is 2.16 bits per heavy atom. The van der Waals surface area contributed by atoms with Crippen LogP contribution in [0.5, 0.6) is 5.75 Å². The Kier molecular flexibility index (Phi) is 11.1. The maximum Gasteiger partial charge on any atom is 0.260 e. The zero-order valence-corrected chi connectivity index (χ0v) is 24.8. The number of carbonyl (C=O) groups excluding carboxylic acids is 1. The van der Waals surface area contributed by atoms with Crippen LogP contribution in [0.2, 0.25) is 0 Å². The van der Waals surface area contributed by atoms with Crippen LogP contribution >= 0.6 is 11.3 Å². The zero-order valence-electron chi connectivity index (χ0n) is 23.1. The number of rotatable bonds is 15. The number of hydrogen-bond acceptors (Lipinski definition) is 7. The number of benzene rings is 2. The third-order valence-corrected chi connectivity index (χ3v) is 9.14. The smallest absolute Gasteiger partial charge is 0.260 e. The van der Waals surface area contributed by atoms with Crippen molar-refractivity contribution in [2.75, 3.05) is 51.8 Å². The van der Waals surface area contributed by atoms with Crippen molar-refractivity contribution in [3.63, 3.8) is 0 Å². The fourth-order valence-electron chi connectivity index (χ4n) is 3.98. The summed E-state index contributed by atoms with van der Waals surface area (Å²) in [6.45, 7) is 8.65. The molecule has 0 aliphatic carbocycles. The topological polar surface area (TPSA) is 83.1 Å². The van der Waals surface area contributed by atoms with Crippen LogP contribution in [0.3, 0.4) is 0 Å². The van der Waals surface area contributed by atoms with Gasteiger partial charge in [0.25, 0.3) is 5.91 Å². The van der Waals surface area contributed by atoms with Crippen molar-refractivity contribution in [3.05, 3.63) is 48.0 Å². The van der Waals surface area contributed by atoms with Crippen LogP contribution in [0.4, 0.5) is 5.13 Å². The first kappa shape index (κ1) is 30.0. The number of amides is 1. The molecule has 0 spiro atoms. The molecular weight excluding hydrogens is 520 g/mol. The average Bonchev–Trinajstić information content (AvgIpc) is 3.33. The maximum atomic E-state index is 13.7. The Bertz CT molecular complexity index is 1280. The van der Waals surface area contributed by atoms with E-state index in [1.165, 1.54) is 11.3 Å². The van der Waals surface area contributed by atoms with E-state index in [4.69, 9.17) is 9.72 Å². The highest BCUT2D eigenvalue weighted by Gasteiger charge is 2.26. The number of thiazole rings is 1. The van der Waals surface area contributed by atoms with E-state index in [2.05, 4.69) is 13.8 Å². The van der Waals surface area contributed by atoms with Crippen LogP contribution in [-0.4, -0.2) is 75.4 Å². The fourth-order valence-corrected chi connectivity index (χ4v) is 6.50. The summed E-state index contributed by atoms with van der Waals surface area (Å²) < 4.78 is 34.9. The molecule has 0 bridgehead atoms. The molecule has 208 valence electrons. The fraction of sp³-hybridized carbons (Fsp3) is 0.500. The van der Waals surface area contributed by atoms with Gasteiger partial charge in [-0.15, -0.1) is 0 Å². The lowest BCUT2D eigenvalue weighted by Crippen LogP contribution is -2.37. The van der Waals surface area contributed by atoms with Gasteiger partial charge in [-0.2, -0.15) is 4.31 Å². The highest BCUT2D eigenvalue weighted by atomic mass is 32.2. The molecule has 0 radical (unpaired) electrons. The van der Waals surface area contributed by atoms with E-state index < -0.39 is 10.0 Å². The van der Waals surface area contributed by atoms with E-state index in [0.717, 1.165) is 35.9 Å². The van der Waals surface area contributed by atoms with E-state index >= 15 is 0 Å². The minimum absolute atomic E-state index is 0.211. The molecule has 0 aliphatic rings. The van der Waals surface area contributed by atoms with Crippen LogP contribution in [-0.2, 0) is 10.0 Å². The molecule has 0 fully saturated rings. The highest BCUT2D eigenvalue weighted by molar-refractivity contribution is 7.89. The van der Waals surface area contributed by atoms with Gasteiger partial charge >= 0.3 is 0 Å². The molecular formula is C28H40N4O4S2. The summed E-state index contributed by atoms with van der Waals surface area (Å²) in [5.41, 5.74) is 1.15. The third kappa shape index (κ3) is 7.31. The normalized spacial score (nSPS) is 12.0. The van der Waals surface area contributed by atoms with Crippen molar-refractivity contribution in [1.29, 1.82) is 0 Å². The van der Waals surface area contributed by atoms with Gasteiger partial charge < -0.3 is 9.64 Å². The first-order chi connectivity index (χ1) is 18.2. The Hall–Kier alpha value is -2.53. The minimum Gasteiger partial charge on any atom is -0.492 e. The predicted molar refractivity (Wildman–Crippen MR) is 156 cm³/mol. The number of carbonyl (C=O) groups is 1. The van der Waals surface area contributed by atoms with Gasteiger partial charge in [-0.1, -0.05) is 44.1 Å². The SMILES string of the molecule is CCCCN(CCCC)S(=O)(=O)c1ccc(C(=O)N(CCN(C)C)c2nc3c(OCC)cccc3s2)cc1.